The largest absolute Gasteiger partial charge is 0.497 e. The summed E-state index contributed by atoms with van der Waals surface area (Å²) in [5.41, 5.74) is -0.700. The molecule has 1 saturated heterocycles. The molecule has 1 heterocycles. The zero-order valence-electron chi connectivity index (χ0n) is 17.3. The number of imide groups is 1. The Morgan fingerprint density at radius 2 is 1.80 bits per heavy atom. The molecule has 9 nitrogen and oxygen atoms in total. The quantitative estimate of drug-likeness (QED) is 0.683. The number of ether oxygens (including phenoxy) is 1. The fourth-order valence-electron chi connectivity index (χ4n) is 3.23. The summed E-state index contributed by atoms with van der Waals surface area (Å²) in [6, 6.07) is 10.3. The second-order valence-electron chi connectivity index (χ2n) is 7.44. The summed E-state index contributed by atoms with van der Waals surface area (Å²) >= 11 is 0. The van der Waals surface area contributed by atoms with Crippen LogP contribution in [-0.4, -0.2) is 67.8 Å². The van der Waals surface area contributed by atoms with E-state index >= 15 is 0 Å². The van der Waals surface area contributed by atoms with Crippen molar-refractivity contribution in [1.29, 1.82) is 0 Å². The van der Waals surface area contributed by atoms with Gasteiger partial charge >= 0.3 is 6.03 Å². The SMILES string of the molecule is COc1ccc2cc([C@@]3(C)NC(=O)N(CC(=O)NCC(=O)N(C)C)C3=O)ccc2c1. The molecule has 9 heteroatoms. The number of nitrogens with one attached hydrogen (secondary N) is 2. The molecule has 3 rings (SSSR count). The molecule has 2 N–H and O–H groups in total. The molecule has 0 radical (unpaired) electrons. The first-order chi connectivity index (χ1) is 14.2. The molecule has 2 aromatic carbocycles. The normalized spacial score (nSPS) is 18.3. The first kappa shape index (κ1) is 21.1. The smallest absolute Gasteiger partial charge is 0.325 e. The highest BCUT2D eigenvalue weighted by Gasteiger charge is 2.49. The minimum atomic E-state index is -1.30. The van der Waals surface area contributed by atoms with Crippen LogP contribution in [0.3, 0.4) is 0 Å². The maximum Gasteiger partial charge on any atom is 0.325 e. The Bertz CT molecular complexity index is 1040. The Morgan fingerprint density at radius 3 is 2.47 bits per heavy atom. The highest BCUT2D eigenvalue weighted by molar-refractivity contribution is 6.09. The van der Waals surface area contributed by atoms with E-state index in [0.717, 1.165) is 21.4 Å². The third-order valence-electron chi connectivity index (χ3n) is 5.14. The van der Waals surface area contributed by atoms with Gasteiger partial charge in [-0.25, -0.2) is 4.79 Å². The number of carbonyl (C=O) groups excluding carboxylic acids is 4. The lowest BCUT2D eigenvalue weighted by atomic mass is 9.90. The van der Waals surface area contributed by atoms with Crippen molar-refractivity contribution in [1.82, 2.24) is 20.4 Å². The monoisotopic (exact) mass is 412 g/mol. The molecule has 0 spiro atoms. The van der Waals surface area contributed by atoms with Gasteiger partial charge in [-0.2, -0.15) is 0 Å². The number of nitrogens with zero attached hydrogens (tertiary/aromatic N) is 2. The molecule has 0 aliphatic carbocycles. The molecule has 1 fully saturated rings. The fraction of sp³-hybridized carbons (Fsp3) is 0.333. The second-order valence-corrected chi connectivity index (χ2v) is 7.44. The van der Waals surface area contributed by atoms with Crippen molar-refractivity contribution in [3.05, 3.63) is 42.0 Å². The van der Waals surface area contributed by atoms with Gasteiger partial charge in [0.15, 0.2) is 0 Å². The molecule has 0 bridgehead atoms. The van der Waals surface area contributed by atoms with Crippen LogP contribution in [0.2, 0.25) is 0 Å². The van der Waals surface area contributed by atoms with Crippen molar-refractivity contribution in [2.75, 3.05) is 34.3 Å². The van der Waals surface area contributed by atoms with E-state index in [1.54, 1.807) is 34.2 Å². The lowest BCUT2D eigenvalue weighted by molar-refractivity contribution is -0.135. The van der Waals surface area contributed by atoms with Gasteiger partial charge in [-0.1, -0.05) is 18.2 Å². The summed E-state index contributed by atoms with van der Waals surface area (Å²) in [4.78, 5) is 51.4. The molecule has 2 aromatic rings. The van der Waals surface area contributed by atoms with E-state index in [4.69, 9.17) is 4.74 Å². The maximum atomic E-state index is 13.0. The van der Waals surface area contributed by atoms with Crippen LogP contribution in [0.25, 0.3) is 10.8 Å². The van der Waals surface area contributed by atoms with E-state index in [1.165, 1.54) is 4.90 Å². The lowest BCUT2D eigenvalue weighted by Gasteiger charge is -2.22. The van der Waals surface area contributed by atoms with Crippen molar-refractivity contribution in [2.45, 2.75) is 12.5 Å². The number of fused-ring (bicyclic) bond motifs is 1. The molecular formula is C21H24N4O5. The van der Waals surface area contributed by atoms with Crippen LogP contribution in [0.4, 0.5) is 4.79 Å². The predicted octanol–water partition coefficient (Wildman–Crippen LogP) is 0.820. The standard InChI is InChI=1S/C21H24N4O5/c1-21(15-7-5-14-10-16(30-4)8-6-13(14)9-15)19(28)25(20(29)23-21)12-17(26)22-11-18(27)24(2)3/h5-10H,11-12H2,1-4H3,(H,22,26)(H,23,29)/t21-/m1/s1. The Labute approximate surface area is 174 Å². The van der Waals surface area contributed by atoms with Crippen molar-refractivity contribution < 1.29 is 23.9 Å². The van der Waals surface area contributed by atoms with Gasteiger partial charge in [0.1, 0.15) is 17.8 Å². The number of carbonyl (C=O) groups is 4. The van der Waals surface area contributed by atoms with E-state index in [1.807, 2.05) is 30.3 Å². The first-order valence-corrected chi connectivity index (χ1v) is 9.35. The summed E-state index contributed by atoms with van der Waals surface area (Å²) in [5.74, 6) is -0.701. The van der Waals surface area contributed by atoms with Gasteiger partial charge in [0.25, 0.3) is 5.91 Å². The average Bonchev–Trinajstić information content (AvgIpc) is 2.94. The van der Waals surface area contributed by atoms with Crippen molar-refractivity contribution in [3.63, 3.8) is 0 Å². The molecule has 5 amide bonds. The van der Waals surface area contributed by atoms with Gasteiger partial charge in [0.2, 0.25) is 11.8 Å². The Morgan fingerprint density at radius 1 is 1.13 bits per heavy atom. The number of likely N-dealkylation sites (N-methyl/N-ethyl adjacent to an activating group) is 1. The van der Waals surface area contributed by atoms with Gasteiger partial charge in [-0.15, -0.1) is 0 Å². The number of rotatable bonds is 6. The molecule has 1 atom stereocenters. The zero-order valence-corrected chi connectivity index (χ0v) is 17.3. The van der Waals surface area contributed by atoms with Crippen LogP contribution in [-0.2, 0) is 19.9 Å². The minimum absolute atomic E-state index is 0.207. The number of urea groups is 1. The Kier molecular flexibility index (Phi) is 5.64. The minimum Gasteiger partial charge on any atom is -0.497 e. The Balaban J connectivity index is 1.78. The zero-order chi connectivity index (χ0) is 22.1. The number of amides is 5. The van der Waals surface area contributed by atoms with E-state index in [9.17, 15) is 19.2 Å². The van der Waals surface area contributed by atoms with Crippen molar-refractivity contribution >= 4 is 34.5 Å². The molecule has 0 saturated carbocycles. The van der Waals surface area contributed by atoms with Gasteiger partial charge in [0, 0.05) is 14.1 Å². The molecule has 30 heavy (non-hydrogen) atoms. The maximum absolute atomic E-state index is 13.0. The first-order valence-electron chi connectivity index (χ1n) is 9.35. The second kappa shape index (κ2) is 8.02. The Hall–Kier alpha value is -3.62. The average molecular weight is 412 g/mol. The predicted molar refractivity (Wildman–Crippen MR) is 110 cm³/mol. The van der Waals surface area contributed by atoms with Crippen LogP contribution < -0.4 is 15.4 Å². The summed E-state index contributed by atoms with van der Waals surface area (Å²) in [5, 5.41) is 6.91. The molecule has 158 valence electrons. The third-order valence-corrected chi connectivity index (χ3v) is 5.14. The topological polar surface area (TPSA) is 108 Å². The summed E-state index contributed by atoms with van der Waals surface area (Å²) in [7, 11) is 4.72. The highest BCUT2D eigenvalue weighted by Crippen LogP contribution is 2.31. The number of hydrogen-bond donors (Lipinski definition) is 2. The number of hydrogen-bond acceptors (Lipinski definition) is 5. The molecule has 1 aliphatic heterocycles. The molecule has 0 aromatic heterocycles. The van der Waals surface area contributed by atoms with Crippen LogP contribution in [0.15, 0.2) is 36.4 Å². The van der Waals surface area contributed by atoms with Crippen LogP contribution in [0.5, 0.6) is 5.75 Å². The van der Waals surface area contributed by atoms with E-state index in [-0.39, 0.29) is 12.5 Å². The van der Waals surface area contributed by atoms with Crippen LogP contribution in [0, 0.1) is 0 Å². The third kappa shape index (κ3) is 3.91. The van der Waals surface area contributed by atoms with Crippen LogP contribution in [0.1, 0.15) is 12.5 Å². The summed E-state index contributed by atoms with van der Waals surface area (Å²) in [6.07, 6.45) is 0. The van der Waals surface area contributed by atoms with E-state index < -0.39 is 29.9 Å². The van der Waals surface area contributed by atoms with Gasteiger partial charge in [-0.05, 0) is 41.5 Å². The lowest BCUT2D eigenvalue weighted by Crippen LogP contribution is -2.45. The number of methoxy groups -OCH3 is 1. The number of benzene rings is 2. The van der Waals surface area contributed by atoms with Crippen molar-refractivity contribution in [2.24, 2.45) is 0 Å². The molecule has 1 aliphatic rings. The highest BCUT2D eigenvalue weighted by atomic mass is 16.5. The van der Waals surface area contributed by atoms with Gasteiger partial charge in [0.05, 0.1) is 13.7 Å². The van der Waals surface area contributed by atoms with E-state index in [0.29, 0.717) is 5.56 Å². The van der Waals surface area contributed by atoms with E-state index in [2.05, 4.69) is 10.6 Å². The van der Waals surface area contributed by atoms with Gasteiger partial charge in [-0.3, -0.25) is 19.3 Å². The molecule has 0 unspecified atom stereocenters. The molecular weight excluding hydrogens is 388 g/mol. The summed E-state index contributed by atoms with van der Waals surface area (Å²) < 4.78 is 5.22. The fourth-order valence-corrected chi connectivity index (χ4v) is 3.23. The van der Waals surface area contributed by atoms with Crippen LogP contribution >= 0.6 is 0 Å². The van der Waals surface area contributed by atoms with Crippen molar-refractivity contribution in [3.8, 4) is 5.75 Å². The van der Waals surface area contributed by atoms with Gasteiger partial charge < -0.3 is 20.3 Å². The summed E-state index contributed by atoms with van der Waals surface area (Å²) in [6.45, 7) is 0.929.